The van der Waals surface area contributed by atoms with E-state index in [0.29, 0.717) is 12.8 Å². The van der Waals surface area contributed by atoms with Gasteiger partial charge in [-0.05, 0) is 30.5 Å². The van der Waals surface area contributed by atoms with Crippen LogP contribution in [-0.4, -0.2) is 31.8 Å². The van der Waals surface area contributed by atoms with Gasteiger partial charge in [0.25, 0.3) is 0 Å². The first-order valence-electron chi connectivity index (χ1n) is 6.24. The van der Waals surface area contributed by atoms with E-state index >= 15 is 0 Å². The summed E-state index contributed by atoms with van der Waals surface area (Å²) in [5.74, 6) is -0.844. The number of unbranched alkanes of at least 4 members (excludes halogenated alkanes) is 1. The molecule has 0 spiro atoms. The lowest BCUT2D eigenvalue weighted by atomic mass is 10.1. The molecule has 0 aromatic heterocycles. The van der Waals surface area contributed by atoms with Crippen LogP contribution >= 0.6 is 0 Å². The Kier molecular flexibility index (Phi) is 5.98. The molecule has 0 aliphatic heterocycles. The Hall–Kier alpha value is -1.40. The van der Waals surface area contributed by atoms with Gasteiger partial charge in [0.2, 0.25) is 10.0 Å². The van der Waals surface area contributed by atoms with E-state index in [9.17, 15) is 13.2 Å². The Morgan fingerprint density at radius 3 is 2.74 bits per heavy atom. The maximum absolute atomic E-state index is 11.5. The highest BCUT2D eigenvalue weighted by molar-refractivity contribution is 7.89. The molecule has 0 amide bonds. The molecule has 0 fully saturated rings. The fourth-order valence-electron chi connectivity index (χ4n) is 1.62. The number of carboxylic acids is 1. The standard InChI is InChI=1S/C13H19NO4S/c1-2-3-9-19(17,18)14-8-7-11-5-4-6-12(10-11)13(15)16/h4-6,10,14H,2-3,7-9H2,1H3,(H,15,16). The van der Waals surface area contributed by atoms with Gasteiger partial charge in [0.1, 0.15) is 0 Å². The summed E-state index contributed by atoms with van der Waals surface area (Å²) in [4.78, 5) is 10.8. The molecule has 0 unspecified atom stereocenters. The van der Waals surface area contributed by atoms with Crippen LogP contribution in [-0.2, 0) is 16.4 Å². The average Bonchev–Trinajstić information content (AvgIpc) is 2.36. The Morgan fingerprint density at radius 2 is 2.11 bits per heavy atom. The van der Waals surface area contributed by atoms with Gasteiger partial charge in [0, 0.05) is 6.54 Å². The fraction of sp³-hybridized carbons (Fsp3) is 0.462. The van der Waals surface area contributed by atoms with Gasteiger partial charge >= 0.3 is 5.97 Å². The molecule has 1 aromatic carbocycles. The van der Waals surface area contributed by atoms with Gasteiger partial charge in [0.15, 0.2) is 0 Å². The SMILES string of the molecule is CCCCS(=O)(=O)NCCc1cccc(C(=O)O)c1. The molecule has 1 aromatic rings. The van der Waals surface area contributed by atoms with Gasteiger partial charge in [-0.2, -0.15) is 0 Å². The Balaban J connectivity index is 2.49. The quantitative estimate of drug-likeness (QED) is 0.760. The summed E-state index contributed by atoms with van der Waals surface area (Å²) in [6.45, 7) is 2.22. The van der Waals surface area contributed by atoms with E-state index < -0.39 is 16.0 Å². The normalized spacial score (nSPS) is 11.4. The monoisotopic (exact) mass is 285 g/mol. The zero-order chi connectivity index (χ0) is 14.3. The zero-order valence-corrected chi connectivity index (χ0v) is 11.7. The molecule has 5 nitrogen and oxygen atoms in total. The highest BCUT2D eigenvalue weighted by atomic mass is 32.2. The van der Waals surface area contributed by atoms with Gasteiger partial charge < -0.3 is 5.11 Å². The first-order valence-corrected chi connectivity index (χ1v) is 7.89. The Labute approximate surface area is 113 Å². The molecule has 0 bridgehead atoms. The lowest BCUT2D eigenvalue weighted by Crippen LogP contribution is -2.28. The van der Waals surface area contributed by atoms with Crippen molar-refractivity contribution in [3.05, 3.63) is 35.4 Å². The van der Waals surface area contributed by atoms with Crippen molar-refractivity contribution < 1.29 is 18.3 Å². The highest BCUT2D eigenvalue weighted by Gasteiger charge is 2.09. The number of hydrogen-bond acceptors (Lipinski definition) is 3. The van der Waals surface area contributed by atoms with Crippen LogP contribution in [0.3, 0.4) is 0 Å². The van der Waals surface area contributed by atoms with Crippen LogP contribution in [0.25, 0.3) is 0 Å². The van der Waals surface area contributed by atoms with E-state index in [2.05, 4.69) is 4.72 Å². The van der Waals surface area contributed by atoms with Crippen LogP contribution in [0.4, 0.5) is 0 Å². The largest absolute Gasteiger partial charge is 0.478 e. The summed E-state index contributed by atoms with van der Waals surface area (Å²) in [5, 5.41) is 8.85. The highest BCUT2D eigenvalue weighted by Crippen LogP contribution is 2.06. The number of sulfonamides is 1. The first kappa shape index (κ1) is 15.7. The molecule has 0 radical (unpaired) electrons. The van der Waals surface area contributed by atoms with E-state index in [1.54, 1.807) is 18.2 Å². The summed E-state index contributed by atoms with van der Waals surface area (Å²) in [7, 11) is -3.21. The molecule has 1 rings (SSSR count). The molecule has 0 saturated carbocycles. The third-order valence-corrected chi connectivity index (χ3v) is 4.15. The molecule has 6 heteroatoms. The zero-order valence-electron chi connectivity index (χ0n) is 10.9. The third-order valence-electron chi connectivity index (χ3n) is 2.68. The number of carbonyl (C=O) groups is 1. The average molecular weight is 285 g/mol. The molecule has 0 heterocycles. The lowest BCUT2D eigenvalue weighted by molar-refractivity contribution is 0.0696. The van der Waals surface area contributed by atoms with Gasteiger partial charge in [-0.3, -0.25) is 0 Å². The van der Waals surface area contributed by atoms with Crippen molar-refractivity contribution in [3.63, 3.8) is 0 Å². The molecule has 0 saturated heterocycles. The second kappa shape index (κ2) is 7.25. The Morgan fingerprint density at radius 1 is 1.37 bits per heavy atom. The van der Waals surface area contributed by atoms with Crippen molar-refractivity contribution >= 4 is 16.0 Å². The summed E-state index contributed by atoms with van der Waals surface area (Å²) in [5.41, 5.74) is 1.02. The second-order valence-electron chi connectivity index (χ2n) is 4.32. The lowest BCUT2D eigenvalue weighted by Gasteiger charge is -2.06. The number of benzene rings is 1. The fourth-order valence-corrected chi connectivity index (χ4v) is 2.84. The van der Waals surface area contributed by atoms with E-state index in [1.165, 1.54) is 6.07 Å². The van der Waals surface area contributed by atoms with Crippen molar-refractivity contribution in [2.24, 2.45) is 0 Å². The minimum absolute atomic E-state index is 0.138. The van der Waals surface area contributed by atoms with Gasteiger partial charge in [0.05, 0.1) is 11.3 Å². The van der Waals surface area contributed by atoms with Crippen LogP contribution in [0, 0.1) is 0 Å². The van der Waals surface area contributed by atoms with Crippen LogP contribution < -0.4 is 4.72 Å². The van der Waals surface area contributed by atoms with Crippen molar-refractivity contribution in [1.82, 2.24) is 4.72 Å². The van der Waals surface area contributed by atoms with E-state index in [0.717, 1.165) is 12.0 Å². The van der Waals surface area contributed by atoms with Gasteiger partial charge in [-0.15, -0.1) is 0 Å². The van der Waals surface area contributed by atoms with Gasteiger partial charge in [-0.1, -0.05) is 25.5 Å². The van der Waals surface area contributed by atoms with Crippen molar-refractivity contribution in [2.75, 3.05) is 12.3 Å². The summed E-state index contributed by atoms with van der Waals surface area (Å²) in [6, 6.07) is 6.51. The molecule has 0 atom stereocenters. The summed E-state index contributed by atoms with van der Waals surface area (Å²) >= 11 is 0. The molecular formula is C13H19NO4S. The first-order chi connectivity index (χ1) is 8.94. The predicted octanol–water partition coefficient (Wildman–Crippen LogP) is 1.65. The van der Waals surface area contributed by atoms with Gasteiger partial charge in [-0.25, -0.2) is 17.9 Å². The molecule has 2 N–H and O–H groups in total. The molecule has 0 aliphatic carbocycles. The van der Waals surface area contributed by atoms with E-state index in [-0.39, 0.29) is 17.9 Å². The molecule has 19 heavy (non-hydrogen) atoms. The van der Waals surface area contributed by atoms with E-state index in [1.807, 2.05) is 6.92 Å². The Bertz CT molecular complexity index is 525. The van der Waals surface area contributed by atoms with E-state index in [4.69, 9.17) is 5.11 Å². The minimum atomic E-state index is -3.21. The number of rotatable bonds is 8. The summed E-state index contributed by atoms with van der Waals surface area (Å²) in [6.07, 6.45) is 1.96. The number of nitrogens with one attached hydrogen (secondary N) is 1. The second-order valence-corrected chi connectivity index (χ2v) is 6.25. The third kappa shape index (κ3) is 5.85. The maximum Gasteiger partial charge on any atom is 0.335 e. The number of hydrogen-bond donors (Lipinski definition) is 2. The molecular weight excluding hydrogens is 266 g/mol. The number of carboxylic acid groups (broad SMARTS) is 1. The molecule has 106 valence electrons. The van der Waals surface area contributed by atoms with Crippen molar-refractivity contribution in [3.8, 4) is 0 Å². The number of aromatic carboxylic acids is 1. The topological polar surface area (TPSA) is 83.5 Å². The predicted molar refractivity (Wildman–Crippen MR) is 73.8 cm³/mol. The van der Waals surface area contributed by atoms with Crippen LogP contribution in [0.5, 0.6) is 0 Å². The van der Waals surface area contributed by atoms with Crippen LogP contribution in [0.2, 0.25) is 0 Å². The van der Waals surface area contributed by atoms with Crippen LogP contribution in [0.1, 0.15) is 35.7 Å². The minimum Gasteiger partial charge on any atom is -0.478 e. The van der Waals surface area contributed by atoms with Crippen molar-refractivity contribution in [2.45, 2.75) is 26.2 Å². The van der Waals surface area contributed by atoms with Crippen molar-refractivity contribution in [1.29, 1.82) is 0 Å². The molecule has 0 aliphatic rings. The van der Waals surface area contributed by atoms with Crippen LogP contribution in [0.15, 0.2) is 24.3 Å². The summed E-state index contributed by atoms with van der Waals surface area (Å²) < 4.78 is 25.6. The maximum atomic E-state index is 11.5. The smallest absolute Gasteiger partial charge is 0.335 e.